The van der Waals surface area contributed by atoms with Gasteiger partial charge in [-0.15, -0.1) is 0 Å². The lowest BCUT2D eigenvalue weighted by Crippen LogP contribution is -2.16. The highest BCUT2D eigenvalue weighted by atomic mass is 35.5. The number of rotatable bonds is 9. The summed E-state index contributed by atoms with van der Waals surface area (Å²) in [4.78, 5) is 23.9. The Morgan fingerprint density at radius 1 is 1.25 bits per heavy atom. The molecule has 0 atom stereocenters. The third-order valence-electron chi connectivity index (χ3n) is 3.93. The lowest BCUT2D eigenvalue weighted by atomic mass is 10.2. The van der Waals surface area contributed by atoms with Crippen molar-refractivity contribution in [3.05, 3.63) is 39.6 Å². The number of anilines is 1. The maximum absolute atomic E-state index is 12.2. The molecule has 1 N–H and O–H groups in total. The Morgan fingerprint density at radius 2 is 2.00 bits per heavy atom. The molecular weight excluding hydrogens is 405 g/mol. The highest BCUT2D eigenvalue weighted by Gasteiger charge is 2.16. The average Bonchev–Trinajstić information content (AvgIpc) is 2.88. The SMILES string of the molecule is CCOC(=O)Cn1nc(C)c(NC(=O)CCCOc2ccc(Cl)cc2Cl)c1C. The molecule has 2 rings (SSSR count). The largest absolute Gasteiger partial charge is 0.492 e. The van der Waals surface area contributed by atoms with Crippen LogP contribution in [0.2, 0.25) is 10.0 Å². The minimum Gasteiger partial charge on any atom is -0.492 e. The number of nitrogens with zero attached hydrogens (tertiary/aromatic N) is 2. The number of amides is 1. The Bertz CT molecular complexity index is 852. The summed E-state index contributed by atoms with van der Waals surface area (Å²) in [5.41, 5.74) is 1.94. The Kier molecular flexibility index (Phi) is 8.14. The van der Waals surface area contributed by atoms with Crippen LogP contribution in [0.15, 0.2) is 18.2 Å². The molecule has 2 aromatic rings. The topological polar surface area (TPSA) is 82.5 Å². The van der Waals surface area contributed by atoms with Gasteiger partial charge in [0.25, 0.3) is 0 Å². The number of hydrogen-bond acceptors (Lipinski definition) is 5. The van der Waals surface area contributed by atoms with E-state index in [0.29, 0.717) is 52.5 Å². The summed E-state index contributed by atoms with van der Waals surface area (Å²) >= 11 is 11.9. The number of carbonyl (C=O) groups is 2. The van der Waals surface area contributed by atoms with Gasteiger partial charge in [0.2, 0.25) is 5.91 Å². The van der Waals surface area contributed by atoms with Gasteiger partial charge in [0.15, 0.2) is 0 Å². The maximum atomic E-state index is 12.2. The van der Waals surface area contributed by atoms with Gasteiger partial charge in [0, 0.05) is 11.4 Å². The van der Waals surface area contributed by atoms with Gasteiger partial charge in [-0.2, -0.15) is 5.10 Å². The fourth-order valence-corrected chi connectivity index (χ4v) is 3.03. The molecule has 0 spiro atoms. The number of hydrogen-bond donors (Lipinski definition) is 1. The summed E-state index contributed by atoms with van der Waals surface area (Å²) in [5.74, 6) is -0.00456. The maximum Gasteiger partial charge on any atom is 0.327 e. The number of nitrogens with one attached hydrogen (secondary N) is 1. The first-order chi connectivity index (χ1) is 13.3. The quantitative estimate of drug-likeness (QED) is 0.479. The van der Waals surface area contributed by atoms with Crippen LogP contribution in [0, 0.1) is 13.8 Å². The fraction of sp³-hybridized carbons (Fsp3) is 0.421. The molecule has 0 bridgehead atoms. The van der Waals surface area contributed by atoms with E-state index in [0.717, 1.165) is 0 Å². The second-order valence-corrected chi connectivity index (χ2v) is 6.93. The molecular formula is C19H23Cl2N3O4. The number of aryl methyl sites for hydroxylation is 1. The molecule has 7 nitrogen and oxygen atoms in total. The van der Waals surface area contributed by atoms with Crippen LogP contribution in [0.1, 0.15) is 31.2 Å². The Balaban J connectivity index is 1.84. The lowest BCUT2D eigenvalue weighted by molar-refractivity contribution is -0.144. The van der Waals surface area contributed by atoms with Crippen LogP contribution >= 0.6 is 23.2 Å². The Hall–Kier alpha value is -2.25. The number of esters is 1. The third-order valence-corrected chi connectivity index (χ3v) is 4.46. The van der Waals surface area contributed by atoms with Crippen molar-refractivity contribution in [1.29, 1.82) is 0 Å². The first kappa shape index (κ1) is 22.0. The van der Waals surface area contributed by atoms with Gasteiger partial charge in [-0.1, -0.05) is 23.2 Å². The van der Waals surface area contributed by atoms with Crippen molar-refractivity contribution >= 4 is 40.8 Å². The molecule has 28 heavy (non-hydrogen) atoms. The molecule has 0 radical (unpaired) electrons. The van der Waals surface area contributed by atoms with Crippen molar-refractivity contribution in [1.82, 2.24) is 9.78 Å². The number of halogens is 2. The van der Waals surface area contributed by atoms with Crippen molar-refractivity contribution in [3.63, 3.8) is 0 Å². The van der Waals surface area contributed by atoms with Crippen molar-refractivity contribution in [2.24, 2.45) is 0 Å². The monoisotopic (exact) mass is 427 g/mol. The van der Waals surface area contributed by atoms with Crippen molar-refractivity contribution in [2.45, 2.75) is 40.2 Å². The predicted molar refractivity (Wildman–Crippen MR) is 108 cm³/mol. The van der Waals surface area contributed by atoms with Crippen LogP contribution in [-0.4, -0.2) is 34.9 Å². The smallest absolute Gasteiger partial charge is 0.327 e. The van der Waals surface area contributed by atoms with Crippen LogP contribution < -0.4 is 10.1 Å². The number of carbonyl (C=O) groups excluding carboxylic acids is 2. The minimum absolute atomic E-state index is 0.00603. The summed E-state index contributed by atoms with van der Waals surface area (Å²) in [5, 5.41) is 8.10. The van der Waals surface area contributed by atoms with Gasteiger partial charge in [0.1, 0.15) is 12.3 Å². The summed E-state index contributed by atoms with van der Waals surface area (Å²) in [6.07, 6.45) is 0.785. The molecule has 1 heterocycles. The van der Waals surface area contributed by atoms with E-state index in [1.807, 2.05) is 0 Å². The standard InChI is InChI=1S/C19H23Cl2N3O4/c1-4-27-18(26)11-24-13(3)19(12(2)23-24)22-17(25)6-5-9-28-16-8-7-14(20)10-15(16)21/h7-8,10H,4-6,9,11H2,1-3H3,(H,22,25). The molecule has 1 amide bonds. The van der Waals surface area contributed by atoms with Crippen LogP contribution in [0.25, 0.3) is 0 Å². The molecule has 0 unspecified atom stereocenters. The Morgan fingerprint density at radius 3 is 2.68 bits per heavy atom. The van der Waals surface area contributed by atoms with E-state index in [4.69, 9.17) is 32.7 Å². The lowest BCUT2D eigenvalue weighted by Gasteiger charge is -2.09. The van der Waals surface area contributed by atoms with Crippen molar-refractivity contribution < 1.29 is 19.1 Å². The van der Waals surface area contributed by atoms with Crippen molar-refractivity contribution in [2.75, 3.05) is 18.5 Å². The van der Waals surface area contributed by atoms with Crippen LogP contribution in [-0.2, 0) is 20.9 Å². The molecule has 1 aromatic carbocycles. The number of benzene rings is 1. The molecule has 0 aliphatic heterocycles. The second kappa shape index (κ2) is 10.3. The summed E-state index contributed by atoms with van der Waals surface area (Å²) in [7, 11) is 0. The van der Waals surface area contributed by atoms with Gasteiger partial charge in [-0.05, 0) is 45.4 Å². The summed E-state index contributed by atoms with van der Waals surface area (Å²) in [6, 6.07) is 4.98. The van der Waals surface area contributed by atoms with Crippen LogP contribution in [0.5, 0.6) is 5.75 Å². The van der Waals surface area contributed by atoms with Gasteiger partial charge in [0.05, 0.1) is 35.3 Å². The van der Waals surface area contributed by atoms with Crippen LogP contribution in [0.4, 0.5) is 5.69 Å². The van der Waals surface area contributed by atoms with E-state index >= 15 is 0 Å². The number of aromatic nitrogens is 2. The zero-order valence-corrected chi connectivity index (χ0v) is 17.6. The van der Waals surface area contributed by atoms with E-state index < -0.39 is 0 Å². The molecule has 0 saturated carbocycles. The highest BCUT2D eigenvalue weighted by molar-refractivity contribution is 6.35. The van der Waals surface area contributed by atoms with Gasteiger partial charge < -0.3 is 14.8 Å². The zero-order chi connectivity index (χ0) is 20.7. The predicted octanol–water partition coefficient (Wildman–Crippen LogP) is 4.17. The van der Waals surface area contributed by atoms with E-state index in [2.05, 4.69) is 10.4 Å². The van der Waals surface area contributed by atoms with Gasteiger partial charge in [-0.3, -0.25) is 14.3 Å². The molecule has 0 aliphatic carbocycles. The van der Waals surface area contributed by atoms with E-state index in [1.165, 1.54) is 4.68 Å². The normalized spacial score (nSPS) is 10.6. The van der Waals surface area contributed by atoms with Crippen LogP contribution in [0.3, 0.4) is 0 Å². The fourth-order valence-electron chi connectivity index (χ4n) is 2.57. The highest BCUT2D eigenvalue weighted by Crippen LogP contribution is 2.27. The Labute approximate surface area is 173 Å². The molecule has 0 aliphatic rings. The first-order valence-electron chi connectivity index (χ1n) is 8.89. The average molecular weight is 428 g/mol. The van der Waals surface area contributed by atoms with E-state index in [1.54, 1.807) is 39.0 Å². The summed E-state index contributed by atoms with van der Waals surface area (Å²) < 4.78 is 12.0. The van der Waals surface area contributed by atoms with E-state index in [9.17, 15) is 9.59 Å². The minimum atomic E-state index is -0.371. The molecule has 0 saturated heterocycles. The van der Waals surface area contributed by atoms with Gasteiger partial charge in [-0.25, -0.2) is 0 Å². The molecule has 1 aromatic heterocycles. The van der Waals surface area contributed by atoms with Gasteiger partial charge >= 0.3 is 5.97 Å². The first-order valence-corrected chi connectivity index (χ1v) is 9.64. The summed E-state index contributed by atoms with van der Waals surface area (Å²) in [6.45, 7) is 5.97. The molecule has 152 valence electrons. The number of ether oxygens (including phenoxy) is 2. The van der Waals surface area contributed by atoms with E-state index in [-0.39, 0.29) is 24.8 Å². The van der Waals surface area contributed by atoms with Crippen molar-refractivity contribution in [3.8, 4) is 5.75 Å². The molecule has 0 fully saturated rings. The molecule has 9 heteroatoms. The third kappa shape index (κ3) is 6.14. The zero-order valence-electron chi connectivity index (χ0n) is 16.1. The second-order valence-electron chi connectivity index (χ2n) is 6.08.